The van der Waals surface area contributed by atoms with Gasteiger partial charge in [-0.3, -0.25) is 4.79 Å². The van der Waals surface area contributed by atoms with Crippen LogP contribution in [-0.4, -0.2) is 19.0 Å². The van der Waals surface area contributed by atoms with E-state index in [0.717, 1.165) is 0 Å². The highest BCUT2D eigenvalue weighted by Crippen LogP contribution is 2.27. The molecule has 0 N–H and O–H groups in total. The minimum Gasteiger partial charge on any atom is -0.497 e. The fourth-order valence-corrected chi connectivity index (χ4v) is 1.67. The molecule has 0 radical (unpaired) electrons. The molecule has 0 atom stereocenters. The van der Waals surface area contributed by atoms with Crippen molar-refractivity contribution >= 4 is 5.78 Å². The van der Waals surface area contributed by atoms with Crippen molar-refractivity contribution in [2.75, 3.05) is 7.11 Å². The molecule has 116 valence electrons. The van der Waals surface area contributed by atoms with E-state index in [1.807, 2.05) is 0 Å². The molecule has 3 nitrogen and oxygen atoms in total. The predicted molar refractivity (Wildman–Crippen MR) is 69.3 cm³/mol. The monoisotopic (exact) mass is 314 g/mol. The van der Waals surface area contributed by atoms with E-state index < -0.39 is 29.1 Å². The average Bonchev–Trinajstić information content (AvgIpc) is 2.47. The van der Waals surface area contributed by atoms with E-state index in [9.17, 15) is 22.4 Å². The van der Waals surface area contributed by atoms with Gasteiger partial charge in [-0.05, 0) is 36.4 Å². The molecule has 0 aromatic heterocycles. The third-order valence-electron chi connectivity index (χ3n) is 2.75. The van der Waals surface area contributed by atoms with Gasteiger partial charge in [0.1, 0.15) is 23.1 Å². The largest absolute Gasteiger partial charge is 0.497 e. The van der Waals surface area contributed by atoms with Crippen molar-refractivity contribution in [3.8, 4) is 11.5 Å². The van der Waals surface area contributed by atoms with Crippen LogP contribution in [0.1, 0.15) is 10.4 Å². The fraction of sp³-hybridized carbons (Fsp3) is 0.133. The second kappa shape index (κ2) is 6.05. The van der Waals surface area contributed by atoms with E-state index in [2.05, 4.69) is 4.74 Å². The third-order valence-corrected chi connectivity index (χ3v) is 2.75. The molecular formula is C15H10F4O3. The number of hydrogen-bond acceptors (Lipinski definition) is 3. The van der Waals surface area contributed by atoms with Crippen LogP contribution in [0.5, 0.6) is 11.5 Å². The van der Waals surface area contributed by atoms with Gasteiger partial charge in [0.2, 0.25) is 0 Å². The summed E-state index contributed by atoms with van der Waals surface area (Å²) in [6.07, 6.45) is -4.30. The first-order valence-corrected chi connectivity index (χ1v) is 6.04. The molecule has 0 aliphatic heterocycles. The summed E-state index contributed by atoms with van der Waals surface area (Å²) in [6, 6.07) is 6.74. The highest BCUT2D eigenvalue weighted by atomic mass is 19.3. The van der Waals surface area contributed by atoms with Crippen molar-refractivity contribution in [1.29, 1.82) is 0 Å². The van der Waals surface area contributed by atoms with E-state index in [0.29, 0.717) is 23.9 Å². The summed E-state index contributed by atoms with van der Waals surface area (Å²) in [4.78, 5) is 11.7. The Morgan fingerprint density at radius 2 is 1.59 bits per heavy atom. The smallest absolute Gasteiger partial charge is 0.466 e. The number of ether oxygens (including phenoxy) is 2. The lowest BCUT2D eigenvalue weighted by molar-refractivity contribution is -0.134. The van der Waals surface area contributed by atoms with E-state index >= 15 is 0 Å². The quantitative estimate of drug-likeness (QED) is 0.621. The van der Waals surface area contributed by atoms with Crippen LogP contribution in [0.4, 0.5) is 17.6 Å². The Morgan fingerprint density at radius 1 is 1.00 bits per heavy atom. The summed E-state index contributed by atoms with van der Waals surface area (Å²) in [6.45, 7) is 0. The van der Waals surface area contributed by atoms with Crippen LogP contribution in [-0.2, 0) is 0 Å². The Labute approximate surface area is 123 Å². The van der Waals surface area contributed by atoms with Crippen molar-refractivity contribution in [3.05, 3.63) is 59.7 Å². The SMILES string of the molecule is COc1ccc(OC(F)(F)C(=O)c2ccc(F)cc2F)cc1. The van der Waals surface area contributed by atoms with Crippen LogP contribution in [0.25, 0.3) is 0 Å². The number of halogens is 4. The highest BCUT2D eigenvalue weighted by Gasteiger charge is 2.44. The number of alkyl halides is 2. The van der Waals surface area contributed by atoms with Gasteiger partial charge >= 0.3 is 6.11 Å². The van der Waals surface area contributed by atoms with Crippen molar-refractivity contribution in [2.45, 2.75) is 6.11 Å². The Balaban J connectivity index is 2.22. The van der Waals surface area contributed by atoms with Gasteiger partial charge in [-0.2, -0.15) is 8.78 Å². The van der Waals surface area contributed by atoms with Crippen molar-refractivity contribution in [2.24, 2.45) is 0 Å². The van der Waals surface area contributed by atoms with Gasteiger partial charge in [0.25, 0.3) is 5.78 Å². The zero-order valence-corrected chi connectivity index (χ0v) is 11.3. The second-order valence-electron chi connectivity index (χ2n) is 4.25. The number of rotatable bonds is 5. The molecule has 0 bridgehead atoms. The Morgan fingerprint density at radius 3 is 2.14 bits per heavy atom. The van der Waals surface area contributed by atoms with E-state index in [4.69, 9.17) is 4.74 Å². The number of methoxy groups -OCH3 is 1. The summed E-state index contributed by atoms with van der Waals surface area (Å²) >= 11 is 0. The van der Waals surface area contributed by atoms with Gasteiger partial charge in [0.05, 0.1) is 12.7 Å². The van der Waals surface area contributed by atoms with Crippen molar-refractivity contribution in [1.82, 2.24) is 0 Å². The first kappa shape index (κ1) is 15.8. The zero-order valence-electron chi connectivity index (χ0n) is 11.3. The highest BCUT2D eigenvalue weighted by molar-refractivity contribution is 6.00. The van der Waals surface area contributed by atoms with Crippen molar-refractivity contribution < 1.29 is 31.8 Å². The van der Waals surface area contributed by atoms with Crippen LogP contribution in [0, 0.1) is 11.6 Å². The number of ketones is 1. The van der Waals surface area contributed by atoms with Crippen LogP contribution in [0.15, 0.2) is 42.5 Å². The third kappa shape index (κ3) is 3.36. The molecule has 0 spiro atoms. The minimum atomic E-state index is -4.30. The molecule has 0 aliphatic rings. The normalized spacial score (nSPS) is 11.1. The van der Waals surface area contributed by atoms with Crippen LogP contribution in [0.3, 0.4) is 0 Å². The van der Waals surface area contributed by atoms with Crippen LogP contribution in [0.2, 0.25) is 0 Å². The molecule has 2 aromatic rings. The van der Waals surface area contributed by atoms with Crippen LogP contribution >= 0.6 is 0 Å². The maximum atomic E-state index is 13.8. The van der Waals surface area contributed by atoms with Gasteiger partial charge in [-0.15, -0.1) is 0 Å². The number of Topliss-reactive ketones (excluding diaryl/α,β-unsaturated/α-hetero) is 1. The van der Waals surface area contributed by atoms with Crippen molar-refractivity contribution in [3.63, 3.8) is 0 Å². The minimum absolute atomic E-state index is 0.304. The van der Waals surface area contributed by atoms with Gasteiger partial charge in [-0.1, -0.05) is 0 Å². The molecule has 0 fully saturated rings. The molecule has 0 heterocycles. The second-order valence-corrected chi connectivity index (χ2v) is 4.25. The molecule has 0 aliphatic carbocycles. The molecule has 2 rings (SSSR count). The summed E-state index contributed by atoms with van der Waals surface area (Å²) in [5.41, 5.74) is -0.958. The first-order chi connectivity index (χ1) is 10.3. The van der Waals surface area contributed by atoms with E-state index in [-0.39, 0.29) is 5.75 Å². The summed E-state index contributed by atoms with van der Waals surface area (Å²) in [5, 5.41) is 0. The summed E-state index contributed by atoms with van der Waals surface area (Å²) in [7, 11) is 1.39. The lowest BCUT2D eigenvalue weighted by Gasteiger charge is -2.17. The van der Waals surface area contributed by atoms with Gasteiger partial charge in [0.15, 0.2) is 0 Å². The lowest BCUT2D eigenvalue weighted by atomic mass is 10.1. The Hall–Kier alpha value is -2.57. The number of hydrogen-bond donors (Lipinski definition) is 0. The molecule has 22 heavy (non-hydrogen) atoms. The van der Waals surface area contributed by atoms with Crippen LogP contribution < -0.4 is 9.47 Å². The fourth-order valence-electron chi connectivity index (χ4n) is 1.67. The van der Waals surface area contributed by atoms with E-state index in [1.54, 1.807) is 0 Å². The molecule has 7 heteroatoms. The zero-order chi connectivity index (χ0) is 16.3. The van der Waals surface area contributed by atoms with Gasteiger partial charge in [0, 0.05) is 6.07 Å². The average molecular weight is 314 g/mol. The Kier molecular flexibility index (Phi) is 4.35. The first-order valence-electron chi connectivity index (χ1n) is 6.04. The molecule has 0 saturated carbocycles. The lowest BCUT2D eigenvalue weighted by Crippen LogP contribution is -2.35. The predicted octanol–water partition coefficient (Wildman–Crippen LogP) is 3.83. The van der Waals surface area contributed by atoms with Gasteiger partial charge in [-0.25, -0.2) is 8.78 Å². The molecule has 0 amide bonds. The molecular weight excluding hydrogens is 304 g/mol. The molecule has 2 aromatic carbocycles. The summed E-state index contributed by atoms with van der Waals surface area (Å²) < 4.78 is 62.9. The van der Waals surface area contributed by atoms with Gasteiger partial charge < -0.3 is 9.47 Å². The maximum Gasteiger partial charge on any atom is 0.466 e. The Bertz CT molecular complexity index is 684. The molecule has 0 unspecified atom stereocenters. The van der Waals surface area contributed by atoms with E-state index in [1.165, 1.54) is 31.4 Å². The maximum absolute atomic E-state index is 13.8. The number of carbonyl (C=O) groups excluding carboxylic acids is 1. The molecule has 0 saturated heterocycles. The standard InChI is InChI=1S/C15H10F4O3/c1-21-10-3-5-11(6-4-10)22-15(18,19)14(20)12-7-2-9(16)8-13(12)17/h2-8H,1H3. The number of carbonyl (C=O) groups is 1. The topological polar surface area (TPSA) is 35.5 Å². The number of benzene rings is 2. The summed E-state index contributed by atoms with van der Waals surface area (Å²) in [5.74, 6) is -4.16.